The van der Waals surface area contributed by atoms with Crippen LogP contribution in [-0.2, 0) is 4.79 Å². The highest BCUT2D eigenvalue weighted by molar-refractivity contribution is 8.00. The van der Waals surface area contributed by atoms with Gasteiger partial charge in [-0.2, -0.15) is 0 Å². The third-order valence-corrected chi connectivity index (χ3v) is 4.44. The van der Waals surface area contributed by atoms with Gasteiger partial charge in [-0.1, -0.05) is 23.4 Å². The summed E-state index contributed by atoms with van der Waals surface area (Å²) in [5.74, 6) is 0.902. The average molecular weight is 364 g/mol. The monoisotopic (exact) mass is 363 g/mol. The molecular weight excluding hydrogens is 350 g/mol. The van der Waals surface area contributed by atoms with Crippen LogP contribution in [0.25, 0.3) is 11.5 Å². The molecule has 8 heteroatoms. The minimum atomic E-state index is -0.403. The molecule has 0 unspecified atom stereocenters. The molecule has 3 rings (SSSR count). The molecule has 24 heavy (non-hydrogen) atoms. The number of hydrogen-bond donors (Lipinski definition) is 1. The second-order valence-electron chi connectivity index (χ2n) is 5.02. The van der Waals surface area contributed by atoms with Crippen molar-refractivity contribution in [3.63, 3.8) is 0 Å². The molecule has 124 valence electrons. The maximum absolute atomic E-state index is 12.2. The predicted octanol–water partition coefficient (Wildman–Crippen LogP) is 4.41. The number of anilines is 1. The molecule has 0 aliphatic carbocycles. The maximum Gasteiger partial charge on any atom is 0.277 e. The summed E-state index contributed by atoms with van der Waals surface area (Å²) < 4.78 is 10.8. The molecule has 0 spiro atoms. The molecule has 0 aliphatic heterocycles. The van der Waals surface area contributed by atoms with Crippen molar-refractivity contribution in [2.24, 2.45) is 0 Å². The van der Waals surface area contributed by atoms with E-state index < -0.39 is 5.25 Å². The van der Waals surface area contributed by atoms with E-state index in [0.717, 1.165) is 5.56 Å². The Balaban J connectivity index is 1.63. The summed E-state index contributed by atoms with van der Waals surface area (Å²) in [6.45, 7) is 3.58. The molecule has 0 saturated carbocycles. The molecule has 1 atom stereocenters. The smallest absolute Gasteiger partial charge is 0.277 e. The van der Waals surface area contributed by atoms with Crippen molar-refractivity contribution in [2.75, 3.05) is 5.32 Å². The van der Waals surface area contributed by atoms with Crippen molar-refractivity contribution in [3.8, 4) is 11.5 Å². The standard InChI is InChI=1S/C16H14ClN3O3S/c1-9-13(7-8-22-9)15-19-20-16(23-15)24-10(2)14(21)18-12-5-3-11(17)4-6-12/h3-8,10H,1-2H3,(H,18,21)/t10-/m1/s1. The van der Waals surface area contributed by atoms with Crippen molar-refractivity contribution in [3.05, 3.63) is 47.4 Å². The van der Waals surface area contributed by atoms with Crippen molar-refractivity contribution in [1.29, 1.82) is 0 Å². The Morgan fingerprint density at radius 1 is 1.25 bits per heavy atom. The van der Waals surface area contributed by atoms with E-state index in [0.29, 0.717) is 27.6 Å². The van der Waals surface area contributed by atoms with E-state index >= 15 is 0 Å². The SMILES string of the molecule is Cc1occc1-c1nnc(S[C@H](C)C(=O)Nc2ccc(Cl)cc2)o1. The summed E-state index contributed by atoms with van der Waals surface area (Å²) >= 11 is 7.01. The van der Waals surface area contributed by atoms with Gasteiger partial charge in [-0.3, -0.25) is 4.79 Å². The highest BCUT2D eigenvalue weighted by Crippen LogP contribution is 2.28. The van der Waals surface area contributed by atoms with Gasteiger partial charge in [-0.15, -0.1) is 10.2 Å². The molecule has 3 aromatic rings. The van der Waals surface area contributed by atoms with Crippen molar-refractivity contribution < 1.29 is 13.6 Å². The number of amides is 1. The Morgan fingerprint density at radius 2 is 2.00 bits per heavy atom. The molecule has 0 fully saturated rings. The second kappa shape index (κ2) is 7.11. The van der Waals surface area contributed by atoms with Gasteiger partial charge in [0.25, 0.3) is 11.1 Å². The van der Waals surface area contributed by atoms with Crippen LogP contribution in [0.15, 0.2) is 50.7 Å². The lowest BCUT2D eigenvalue weighted by molar-refractivity contribution is -0.115. The lowest BCUT2D eigenvalue weighted by atomic mass is 10.3. The molecular formula is C16H14ClN3O3S. The van der Waals surface area contributed by atoms with Crippen LogP contribution in [0.5, 0.6) is 0 Å². The summed E-state index contributed by atoms with van der Waals surface area (Å²) in [6.07, 6.45) is 1.56. The van der Waals surface area contributed by atoms with E-state index in [1.807, 2.05) is 6.92 Å². The highest BCUT2D eigenvalue weighted by atomic mass is 35.5. The maximum atomic E-state index is 12.2. The summed E-state index contributed by atoms with van der Waals surface area (Å²) in [5, 5.41) is 11.3. The van der Waals surface area contributed by atoms with E-state index in [1.165, 1.54) is 11.8 Å². The minimum absolute atomic E-state index is 0.165. The van der Waals surface area contributed by atoms with Gasteiger partial charge in [0.1, 0.15) is 5.76 Å². The lowest BCUT2D eigenvalue weighted by Gasteiger charge is -2.09. The average Bonchev–Trinajstić information content (AvgIpc) is 3.18. The lowest BCUT2D eigenvalue weighted by Crippen LogP contribution is -2.22. The van der Waals surface area contributed by atoms with Gasteiger partial charge in [0.05, 0.1) is 17.1 Å². The molecule has 1 amide bonds. The third kappa shape index (κ3) is 3.80. The Morgan fingerprint density at radius 3 is 2.67 bits per heavy atom. The van der Waals surface area contributed by atoms with Gasteiger partial charge in [0, 0.05) is 10.7 Å². The number of rotatable bonds is 5. The largest absolute Gasteiger partial charge is 0.469 e. The normalized spacial score (nSPS) is 12.1. The molecule has 0 aliphatic rings. The molecule has 2 aromatic heterocycles. The van der Waals surface area contributed by atoms with Crippen molar-refractivity contribution >= 4 is 35.0 Å². The molecule has 1 aromatic carbocycles. The van der Waals surface area contributed by atoms with Gasteiger partial charge >= 0.3 is 0 Å². The van der Waals surface area contributed by atoms with E-state index in [4.69, 9.17) is 20.4 Å². The Kier molecular flexibility index (Phi) is 4.92. The zero-order valence-electron chi connectivity index (χ0n) is 12.9. The van der Waals surface area contributed by atoms with Crippen LogP contribution in [0.4, 0.5) is 5.69 Å². The number of nitrogens with one attached hydrogen (secondary N) is 1. The van der Waals surface area contributed by atoms with Gasteiger partial charge in [-0.25, -0.2) is 0 Å². The molecule has 1 N–H and O–H groups in total. The third-order valence-electron chi connectivity index (χ3n) is 3.25. The van der Waals surface area contributed by atoms with Crippen LogP contribution < -0.4 is 5.32 Å². The van der Waals surface area contributed by atoms with Crippen LogP contribution in [0.1, 0.15) is 12.7 Å². The first kappa shape index (κ1) is 16.6. The number of thioether (sulfide) groups is 1. The van der Waals surface area contributed by atoms with Gasteiger partial charge < -0.3 is 14.2 Å². The van der Waals surface area contributed by atoms with Crippen LogP contribution in [0, 0.1) is 6.92 Å². The van der Waals surface area contributed by atoms with Gasteiger partial charge in [0.15, 0.2) is 0 Å². The summed E-state index contributed by atoms with van der Waals surface area (Å²) in [6, 6.07) is 8.67. The molecule has 0 radical (unpaired) electrons. The first-order valence-electron chi connectivity index (χ1n) is 7.14. The molecule has 6 nitrogen and oxygen atoms in total. The number of hydrogen-bond acceptors (Lipinski definition) is 6. The second-order valence-corrected chi connectivity index (χ2v) is 6.75. The van der Waals surface area contributed by atoms with Gasteiger partial charge in [0.2, 0.25) is 5.91 Å². The predicted molar refractivity (Wildman–Crippen MR) is 92.1 cm³/mol. The fourth-order valence-corrected chi connectivity index (χ4v) is 2.76. The zero-order chi connectivity index (χ0) is 17.1. The zero-order valence-corrected chi connectivity index (χ0v) is 14.5. The van der Waals surface area contributed by atoms with Crippen LogP contribution in [0.3, 0.4) is 0 Å². The quantitative estimate of drug-likeness (QED) is 0.676. The Bertz CT molecular complexity index is 844. The number of aryl methyl sites for hydroxylation is 1. The van der Waals surface area contributed by atoms with Gasteiger partial charge in [-0.05, 0) is 44.2 Å². The molecule has 0 bridgehead atoms. The number of furan rings is 1. The topological polar surface area (TPSA) is 81.2 Å². The Hall–Kier alpha value is -2.25. The summed E-state index contributed by atoms with van der Waals surface area (Å²) in [5.41, 5.74) is 1.42. The summed E-state index contributed by atoms with van der Waals surface area (Å²) in [7, 11) is 0. The minimum Gasteiger partial charge on any atom is -0.469 e. The fourth-order valence-electron chi connectivity index (χ4n) is 1.95. The van der Waals surface area contributed by atoms with Crippen LogP contribution in [-0.4, -0.2) is 21.4 Å². The number of carbonyl (C=O) groups is 1. The van der Waals surface area contributed by atoms with Crippen molar-refractivity contribution in [1.82, 2.24) is 10.2 Å². The number of carbonyl (C=O) groups excluding carboxylic acids is 1. The van der Waals surface area contributed by atoms with E-state index in [2.05, 4.69) is 15.5 Å². The molecule has 0 saturated heterocycles. The van der Waals surface area contributed by atoms with Crippen molar-refractivity contribution in [2.45, 2.75) is 24.3 Å². The highest BCUT2D eigenvalue weighted by Gasteiger charge is 2.20. The first-order chi connectivity index (χ1) is 11.5. The van der Waals surface area contributed by atoms with Crippen LogP contribution >= 0.6 is 23.4 Å². The Labute approximate surface area is 147 Å². The fraction of sp³-hybridized carbons (Fsp3) is 0.188. The summed E-state index contributed by atoms with van der Waals surface area (Å²) in [4.78, 5) is 12.2. The first-order valence-corrected chi connectivity index (χ1v) is 8.40. The number of halogens is 1. The van der Waals surface area contributed by atoms with E-state index in [1.54, 1.807) is 43.5 Å². The van der Waals surface area contributed by atoms with E-state index in [-0.39, 0.29) is 5.91 Å². The van der Waals surface area contributed by atoms with E-state index in [9.17, 15) is 4.79 Å². The number of aromatic nitrogens is 2. The number of nitrogens with zero attached hydrogens (tertiary/aromatic N) is 2. The number of benzene rings is 1. The van der Waals surface area contributed by atoms with Crippen LogP contribution in [0.2, 0.25) is 5.02 Å². The molecule has 2 heterocycles.